The lowest BCUT2D eigenvalue weighted by Crippen LogP contribution is -2.43. The quantitative estimate of drug-likeness (QED) is 0.863. The van der Waals surface area contributed by atoms with Crippen molar-refractivity contribution in [2.45, 2.75) is 19.0 Å². The summed E-state index contributed by atoms with van der Waals surface area (Å²) in [5, 5.41) is 0. The van der Waals surface area contributed by atoms with Crippen molar-refractivity contribution in [2.75, 3.05) is 25.1 Å². The van der Waals surface area contributed by atoms with Crippen LogP contribution in [-0.2, 0) is 6.54 Å². The maximum absolute atomic E-state index is 5.94. The van der Waals surface area contributed by atoms with Crippen molar-refractivity contribution in [3.05, 3.63) is 30.1 Å². The summed E-state index contributed by atoms with van der Waals surface area (Å²) in [6.45, 7) is 1.64. The van der Waals surface area contributed by atoms with Crippen molar-refractivity contribution in [1.29, 1.82) is 0 Å². The zero-order valence-corrected chi connectivity index (χ0v) is 11.2. The fourth-order valence-electron chi connectivity index (χ4n) is 2.45. The van der Waals surface area contributed by atoms with Gasteiger partial charge in [-0.05, 0) is 43.0 Å². The third-order valence-corrected chi connectivity index (χ3v) is 4.64. The highest BCUT2D eigenvalue weighted by Gasteiger charge is 2.27. The van der Waals surface area contributed by atoms with Crippen molar-refractivity contribution in [3.63, 3.8) is 0 Å². The average Bonchev–Trinajstić information content (AvgIpc) is 2.85. The second-order valence-corrected chi connectivity index (χ2v) is 5.81. The van der Waals surface area contributed by atoms with Crippen LogP contribution in [0, 0.1) is 5.92 Å². The van der Waals surface area contributed by atoms with E-state index in [-0.39, 0.29) is 0 Å². The molecule has 0 amide bonds. The number of hydrogen-bond donors (Lipinski definition) is 1. The molecule has 2 unspecified atom stereocenters. The van der Waals surface area contributed by atoms with Gasteiger partial charge in [-0.25, -0.2) is 0 Å². The summed E-state index contributed by atoms with van der Waals surface area (Å²) in [6.07, 6.45) is 3.16. The smallest absolute Gasteiger partial charge is 0.0543 e. The molecular weight excluding hydrogens is 230 g/mol. The molecule has 0 aromatic carbocycles. The number of pyridine rings is 1. The van der Waals surface area contributed by atoms with Crippen molar-refractivity contribution >= 4 is 11.8 Å². The van der Waals surface area contributed by atoms with Gasteiger partial charge in [-0.1, -0.05) is 6.07 Å². The SMILES string of the molecule is CN(Cc1ccccn1)C(CN)C1CCSC1. The molecule has 2 heterocycles. The molecule has 1 saturated heterocycles. The maximum Gasteiger partial charge on any atom is 0.0543 e. The Morgan fingerprint density at radius 2 is 2.47 bits per heavy atom. The molecule has 17 heavy (non-hydrogen) atoms. The van der Waals surface area contributed by atoms with E-state index < -0.39 is 0 Å². The fraction of sp³-hybridized carbons (Fsp3) is 0.615. The number of nitrogens with zero attached hydrogens (tertiary/aromatic N) is 2. The molecule has 0 spiro atoms. The predicted molar refractivity (Wildman–Crippen MR) is 74.0 cm³/mol. The van der Waals surface area contributed by atoms with Crippen molar-refractivity contribution < 1.29 is 0 Å². The Bertz CT molecular complexity index is 325. The van der Waals surface area contributed by atoms with Crippen LogP contribution in [0.3, 0.4) is 0 Å². The van der Waals surface area contributed by atoms with E-state index in [1.807, 2.05) is 18.3 Å². The molecule has 0 aliphatic carbocycles. The van der Waals surface area contributed by atoms with Gasteiger partial charge in [0.05, 0.1) is 5.69 Å². The lowest BCUT2D eigenvalue weighted by molar-refractivity contribution is 0.182. The number of thioether (sulfide) groups is 1. The van der Waals surface area contributed by atoms with Gasteiger partial charge in [-0.15, -0.1) is 0 Å². The summed E-state index contributed by atoms with van der Waals surface area (Å²) in [5.41, 5.74) is 7.06. The first-order chi connectivity index (χ1) is 8.31. The van der Waals surface area contributed by atoms with Crippen LogP contribution in [0.2, 0.25) is 0 Å². The minimum absolute atomic E-state index is 0.493. The summed E-state index contributed by atoms with van der Waals surface area (Å²) in [5.74, 6) is 3.30. The normalized spacial score (nSPS) is 21.9. The maximum atomic E-state index is 5.94. The van der Waals surface area contributed by atoms with Gasteiger partial charge in [-0.2, -0.15) is 11.8 Å². The average molecular weight is 251 g/mol. The summed E-state index contributed by atoms with van der Waals surface area (Å²) in [6, 6.07) is 6.57. The van der Waals surface area contributed by atoms with E-state index >= 15 is 0 Å². The number of hydrogen-bond acceptors (Lipinski definition) is 4. The fourth-order valence-corrected chi connectivity index (χ4v) is 3.78. The Morgan fingerprint density at radius 3 is 3.06 bits per heavy atom. The van der Waals surface area contributed by atoms with Crippen LogP contribution < -0.4 is 5.73 Å². The third-order valence-electron chi connectivity index (χ3n) is 3.45. The molecule has 1 aliphatic heterocycles. The van der Waals surface area contributed by atoms with Gasteiger partial charge in [-0.3, -0.25) is 9.88 Å². The van der Waals surface area contributed by atoms with Crippen molar-refractivity contribution in [1.82, 2.24) is 9.88 Å². The Hall–Kier alpha value is -0.580. The molecule has 2 rings (SSSR count). The van der Waals surface area contributed by atoms with Gasteiger partial charge >= 0.3 is 0 Å². The molecule has 1 aromatic heterocycles. The van der Waals surface area contributed by atoms with Gasteiger partial charge in [0.25, 0.3) is 0 Å². The third kappa shape index (κ3) is 3.44. The van der Waals surface area contributed by atoms with E-state index in [9.17, 15) is 0 Å². The topological polar surface area (TPSA) is 42.2 Å². The van der Waals surface area contributed by atoms with Crippen LogP contribution in [0.5, 0.6) is 0 Å². The van der Waals surface area contributed by atoms with Gasteiger partial charge in [0.2, 0.25) is 0 Å². The van der Waals surface area contributed by atoms with E-state index in [1.54, 1.807) is 0 Å². The Labute approximate surface area is 108 Å². The van der Waals surface area contributed by atoms with E-state index in [0.29, 0.717) is 6.04 Å². The second-order valence-electron chi connectivity index (χ2n) is 4.66. The molecule has 0 bridgehead atoms. The summed E-state index contributed by atoms with van der Waals surface area (Å²) < 4.78 is 0. The van der Waals surface area contributed by atoms with E-state index in [0.717, 1.165) is 24.7 Å². The number of aromatic nitrogens is 1. The van der Waals surface area contributed by atoms with Crippen LogP contribution in [0.4, 0.5) is 0 Å². The molecule has 2 atom stereocenters. The molecule has 1 aliphatic rings. The first kappa shape index (κ1) is 12.9. The van der Waals surface area contributed by atoms with Gasteiger partial charge in [0, 0.05) is 25.3 Å². The number of rotatable bonds is 5. The van der Waals surface area contributed by atoms with Crippen molar-refractivity contribution in [3.8, 4) is 0 Å². The molecule has 0 saturated carbocycles. The van der Waals surface area contributed by atoms with Gasteiger partial charge in [0.15, 0.2) is 0 Å². The monoisotopic (exact) mass is 251 g/mol. The highest BCUT2D eigenvalue weighted by atomic mass is 32.2. The summed E-state index contributed by atoms with van der Waals surface area (Å²) >= 11 is 2.05. The highest BCUT2D eigenvalue weighted by molar-refractivity contribution is 7.99. The summed E-state index contributed by atoms with van der Waals surface area (Å²) in [4.78, 5) is 6.73. The minimum Gasteiger partial charge on any atom is -0.329 e. The molecule has 3 nitrogen and oxygen atoms in total. The molecule has 1 fully saturated rings. The largest absolute Gasteiger partial charge is 0.329 e. The van der Waals surface area contributed by atoms with E-state index in [4.69, 9.17) is 5.73 Å². The van der Waals surface area contributed by atoms with Gasteiger partial charge in [0.1, 0.15) is 0 Å². The Balaban J connectivity index is 1.95. The molecular formula is C13H21N3S. The van der Waals surface area contributed by atoms with Crippen LogP contribution in [0.15, 0.2) is 24.4 Å². The molecule has 0 radical (unpaired) electrons. The highest BCUT2D eigenvalue weighted by Crippen LogP contribution is 2.28. The van der Waals surface area contributed by atoms with E-state index in [1.165, 1.54) is 17.9 Å². The first-order valence-electron chi connectivity index (χ1n) is 6.19. The lowest BCUT2D eigenvalue weighted by Gasteiger charge is -2.31. The first-order valence-corrected chi connectivity index (χ1v) is 7.34. The Morgan fingerprint density at radius 1 is 1.59 bits per heavy atom. The van der Waals surface area contributed by atoms with Crippen LogP contribution in [-0.4, -0.2) is 41.0 Å². The second kappa shape index (κ2) is 6.38. The van der Waals surface area contributed by atoms with Crippen LogP contribution in [0.25, 0.3) is 0 Å². The van der Waals surface area contributed by atoms with E-state index in [2.05, 4.69) is 34.8 Å². The molecule has 2 N–H and O–H groups in total. The van der Waals surface area contributed by atoms with Crippen molar-refractivity contribution in [2.24, 2.45) is 11.7 Å². The Kier molecular flexibility index (Phi) is 4.83. The standard InChI is InChI=1S/C13H21N3S/c1-16(9-12-4-2-3-6-15-12)13(8-14)11-5-7-17-10-11/h2-4,6,11,13H,5,7-10,14H2,1H3. The molecule has 4 heteroatoms. The van der Waals surface area contributed by atoms with Crippen LogP contribution in [0.1, 0.15) is 12.1 Å². The number of likely N-dealkylation sites (N-methyl/N-ethyl adjacent to an activating group) is 1. The zero-order valence-electron chi connectivity index (χ0n) is 10.4. The minimum atomic E-state index is 0.493. The number of nitrogens with two attached hydrogens (primary N) is 1. The summed E-state index contributed by atoms with van der Waals surface area (Å²) in [7, 11) is 2.16. The zero-order chi connectivity index (χ0) is 12.1. The predicted octanol–water partition coefficient (Wildman–Crippen LogP) is 1.59. The molecule has 1 aromatic rings. The van der Waals surface area contributed by atoms with Gasteiger partial charge < -0.3 is 5.73 Å². The lowest BCUT2D eigenvalue weighted by atomic mass is 9.98. The molecule has 94 valence electrons. The van der Waals surface area contributed by atoms with Crippen LogP contribution >= 0.6 is 11.8 Å².